The number of nitrogens with one attached hydrogen (secondary N) is 2. The third-order valence-electron chi connectivity index (χ3n) is 4.49. The summed E-state index contributed by atoms with van der Waals surface area (Å²) in [6.07, 6.45) is 1.72. The molecule has 27 heavy (non-hydrogen) atoms. The first-order chi connectivity index (χ1) is 12.9. The van der Waals surface area contributed by atoms with E-state index in [0.717, 1.165) is 19.5 Å². The van der Waals surface area contributed by atoms with Crippen LogP contribution in [-0.4, -0.2) is 58.4 Å². The number of ether oxygens (including phenoxy) is 1. The van der Waals surface area contributed by atoms with E-state index < -0.39 is 24.4 Å². The predicted molar refractivity (Wildman–Crippen MR) is 91.3 cm³/mol. The highest BCUT2D eigenvalue weighted by atomic mass is 19.4. The summed E-state index contributed by atoms with van der Waals surface area (Å²) in [5.41, 5.74) is -0.393. The molecule has 0 saturated carbocycles. The number of aromatic nitrogens is 3. The Labute approximate surface area is 151 Å². The van der Waals surface area contributed by atoms with Crippen LogP contribution in [0.2, 0.25) is 0 Å². The van der Waals surface area contributed by atoms with Crippen molar-refractivity contribution in [2.24, 2.45) is 0 Å². The molecule has 2 aliphatic heterocycles. The first kappa shape index (κ1) is 17.6. The summed E-state index contributed by atoms with van der Waals surface area (Å²) in [4.78, 5) is 26.7. The molecule has 8 nitrogen and oxygen atoms in total. The molecule has 0 aliphatic carbocycles. The van der Waals surface area contributed by atoms with Gasteiger partial charge in [-0.25, -0.2) is 4.98 Å². The molecule has 2 aliphatic rings. The molecule has 0 spiro atoms. The van der Waals surface area contributed by atoms with Crippen molar-refractivity contribution in [3.05, 3.63) is 35.0 Å². The first-order valence-corrected chi connectivity index (χ1v) is 8.41. The van der Waals surface area contributed by atoms with Gasteiger partial charge in [0.1, 0.15) is 5.52 Å². The van der Waals surface area contributed by atoms with Crippen LogP contribution in [0.25, 0.3) is 10.9 Å². The van der Waals surface area contributed by atoms with Gasteiger partial charge in [-0.3, -0.25) is 9.78 Å². The standard InChI is InChI=1S/C16H17F3N6O2/c17-16(18,19)8-27-15-22-12-11(14(26)23-15)2-4-21-13(12)25-6-5-24(9-25)10-1-3-20-7-10/h2,4-6,10,20H,1,3,7-9H2,(H,22,23,26). The second-order valence-corrected chi connectivity index (χ2v) is 6.38. The molecular weight excluding hydrogens is 365 g/mol. The maximum atomic E-state index is 12.4. The van der Waals surface area contributed by atoms with Crippen LogP contribution in [0, 0.1) is 0 Å². The normalized spacial score (nSPS) is 20.0. The average molecular weight is 382 g/mol. The Kier molecular flexibility index (Phi) is 4.38. The van der Waals surface area contributed by atoms with Gasteiger partial charge in [0.05, 0.1) is 12.1 Å². The van der Waals surface area contributed by atoms with Crippen molar-refractivity contribution < 1.29 is 17.9 Å². The van der Waals surface area contributed by atoms with E-state index >= 15 is 0 Å². The fourth-order valence-corrected chi connectivity index (χ4v) is 3.19. The molecule has 1 saturated heterocycles. The van der Waals surface area contributed by atoms with Crippen LogP contribution in [0.1, 0.15) is 6.42 Å². The Bertz CT molecular complexity index is 922. The number of hydrogen-bond donors (Lipinski definition) is 2. The van der Waals surface area contributed by atoms with Gasteiger partial charge >= 0.3 is 6.18 Å². The number of aromatic amines is 1. The quantitative estimate of drug-likeness (QED) is 0.821. The van der Waals surface area contributed by atoms with Gasteiger partial charge in [-0.1, -0.05) is 0 Å². The average Bonchev–Trinajstić information content (AvgIpc) is 3.30. The number of halogens is 3. The molecule has 0 aromatic carbocycles. The summed E-state index contributed by atoms with van der Waals surface area (Å²) in [7, 11) is 0. The van der Waals surface area contributed by atoms with E-state index in [0.29, 0.717) is 18.5 Å². The van der Waals surface area contributed by atoms with Gasteiger partial charge in [-0.15, -0.1) is 0 Å². The molecule has 4 rings (SSSR count). The smallest absolute Gasteiger partial charge is 0.422 e. The SMILES string of the molecule is O=c1[nH]c(OCC(F)(F)F)nc2c(N3C=CN(C4CCNC4)C3)nccc12. The minimum atomic E-state index is -4.53. The van der Waals surface area contributed by atoms with Crippen LogP contribution < -0.4 is 20.5 Å². The third-order valence-corrected chi connectivity index (χ3v) is 4.49. The molecule has 2 aromatic heterocycles. The number of nitrogens with zero attached hydrogens (tertiary/aromatic N) is 4. The van der Waals surface area contributed by atoms with Crippen LogP contribution in [0.4, 0.5) is 19.0 Å². The van der Waals surface area contributed by atoms with Crippen LogP contribution in [0.15, 0.2) is 29.5 Å². The molecule has 2 aromatic rings. The van der Waals surface area contributed by atoms with Crippen molar-refractivity contribution in [1.82, 2.24) is 25.2 Å². The van der Waals surface area contributed by atoms with E-state index in [4.69, 9.17) is 0 Å². The number of hydrogen-bond acceptors (Lipinski definition) is 7. The van der Waals surface area contributed by atoms with Crippen LogP contribution >= 0.6 is 0 Å². The Morgan fingerprint density at radius 1 is 1.33 bits per heavy atom. The number of pyridine rings is 1. The van der Waals surface area contributed by atoms with Crippen molar-refractivity contribution >= 4 is 16.7 Å². The first-order valence-electron chi connectivity index (χ1n) is 8.41. The van der Waals surface area contributed by atoms with Crippen LogP contribution in [-0.2, 0) is 0 Å². The van der Waals surface area contributed by atoms with Crippen LogP contribution in [0.3, 0.4) is 0 Å². The Morgan fingerprint density at radius 3 is 2.93 bits per heavy atom. The van der Waals surface area contributed by atoms with E-state index in [1.807, 2.05) is 12.4 Å². The fourth-order valence-electron chi connectivity index (χ4n) is 3.19. The van der Waals surface area contributed by atoms with E-state index in [1.165, 1.54) is 12.3 Å². The van der Waals surface area contributed by atoms with E-state index in [9.17, 15) is 18.0 Å². The minimum Gasteiger partial charge on any atom is -0.455 e. The third kappa shape index (κ3) is 3.68. The van der Waals surface area contributed by atoms with Gasteiger partial charge in [0, 0.05) is 31.2 Å². The molecule has 1 unspecified atom stereocenters. The number of rotatable bonds is 4. The zero-order valence-electron chi connectivity index (χ0n) is 14.2. The highest BCUT2D eigenvalue weighted by Gasteiger charge is 2.29. The number of H-pyrrole nitrogens is 1. The molecule has 144 valence electrons. The second kappa shape index (κ2) is 6.72. The lowest BCUT2D eigenvalue weighted by Crippen LogP contribution is -2.35. The Hall–Kier alpha value is -2.82. The van der Waals surface area contributed by atoms with Crippen LogP contribution in [0.5, 0.6) is 6.01 Å². The summed E-state index contributed by atoms with van der Waals surface area (Å²) in [6, 6.07) is 1.35. The lowest BCUT2D eigenvalue weighted by atomic mass is 10.2. The summed E-state index contributed by atoms with van der Waals surface area (Å²) in [5, 5.41) is 3.53. The molecular formula is C16H17F3N6O2. The summed E-state index contributed by atoms with van der Waals surface area (Å²) >= 11 is 0. The lowest BCUT2D eigenvalue weighted by Gasteiger charge is -2.25. The predicted octanol–water partition coefficient (Wildman–Crippen LogP) is 1.17. The van der Waals surface area contributed by atoms with Gasteiger partial charge in [-0.05, 0) is 19.0 Å². The zero-order chi connectivity index (χ0) is 19.0. The van der Waals surface area contributed by atoms with Crippen molar-refractivity contribution in [2.45, 2.75) is 18.6 Å². The Morgan fingerprint density at radius 2 is 2.19 bits per heavy atom. The molecule has 1 atom stereocenters. The fraction of sp³-hybridized carbons (Fsp3) is 0.438. The molecule has 2 N–H and O–H groups in total. The second-order valence-electron chi connectivity index (χ2n) is 6.38. The monoisotopic (exact) mass is 382 g/mol. The molecule has 0 bridgehead atoms. The van der Waals surface area contributed by atoms with Gasteiger partial charge in [-0.2, -0.15) is 18.2 Å². The molecule has 0 amide bonds. The lowest BCUT2D eigenvalue weighted by molar-refractivity contribution is -0.154. The van der Waals surface area contributed by atoms with E-state index in [2.05, 4.69) is 29.9 Å². The molecule has 4 heterocycles. The Balaban J connectivity index is 1.64. The zero-order valence-corrected chi connectivity index (χ0v) is 14.2. The topological polar surface area (TPSA) is 86.4 Å². The maximum Gasteiger partial charge on any atom is 0.422 e. The van der Waals surface area contributed by atoms with Gasteiger partial charge in [0.2, 0.25) is 0 Å². The summed E-state index contributed by atoms with van der Waals surface area (Å²) < 4.78 is 41.8. The van der Waals surface area contributed by atoms with E-state index in [-0.39, 0.29) is 10.9 Å². The summed E-state index contributed by atoms with van der Waals surface area (Å²) in [6.45, 7) is 0.821. The highest BCUT2D eigenvalue weighted by molar-refractivity contribution is 5.88. The summed E-state index contributed by atoms with van der Waals surface area (Å²) in [5.74, 6) is 0.389. The molecule has 1 fully saturated rings. The highest BCUT2D eigenvalue weighted by Crippen LogP contribution is 2.26. The number of fused-ring (bicyclic) bond motifs is 1. The van der Waals surface area contributed by atoms with Crippen molar-refractivity contribution in [2.75, 3.05) is 31.3 Å². The number of alkyl halides is 3. The van der Waals surface area contributed by atoms with Crippen molar-refractivity contribution in [3.8, 4) is 6.01 Å². The van der Waals surface area contributed by atoms with E-state index in [1.54, 1.807) is 4.90 Å². The maximum absolute atomic E-state index is 12.4. The van der Waals surface area contributed by atoms with Crippen molar-refractivity contribution in [3.63, 3.8) is 0 Å². The number of anilines is 1. The van der Waals surface area contributed by atoms with Crippen molar-refractivity contribution in [1.29, 1.82) is 0 Å². The molecule has 0 radical (unpaired) electrons. The van der Waals surface area contributed by atoms with Gasteiger partial charge in [0.25, 0.3) is 11.6 Å². The van der Waals surface area contributed by atoms with Gasteiger partial charge in [0.15, 0.2) is 12.4 Å². The van der Waals surface area contributed by atoms with Gasteiger partial charge < -0.3 is 19.9 Å². The largest absolute Gasteiger partial charge is 0.455 e. The molecule has 11 heteroatoms. The minimum absolute atomic E-state index is 0.189.